The number of rotatable bonds is 1. The van der Waals surface area contributed by atoms with Crippen molar-refractivity contribution < 1.29 is 0 Å². The zero-order valence-corrected chi connectivity index (χ0v) is 7.59. The smallest absolute Gasteiger partial charge is 0.0967 e. The van der Waals surface area contributed by atoms with Crippen LogP contribution in [-0.4, -0.2) is 12.8 Å². The molecule has 0 aliphatic carbocycles. The number of para-hydroxylation sites is 1. The summed E-state index contributed by atoms with van der Waals surface area (Å²) < 4.78 is 0. The van der Waals surface area contributed by atoms with Crippen LogP contribution in [0.5, 0.6) is 0 Å². The fraction of sp³-hybridized carbons (Fsp3) is 0.0909. The van der Waals surface area contributed by atoms with Gasteiger partial charge in [0, 0.05) is 6.21 Å². The van der Waals surface area contributed by atoms with Gasteiger partial charge in [-0.1, -0.05) is 18.2 Å². The van der Waals surface area contributed by atoms with E-state index in [9.17, 15) is 0 Å². The summed E-state index contributed by atoms with van der Waals surface area (Å²) in [4.78, 5) is 0. The maximum Gasteiger partial charge on any atom is 0.0967 e. The lowest BCUT2D eigenvalue weighted by atomic mass is 10.2. The van der Waals surface area contributed by atoms with Crippen LogP contribution in [-0.2, 0) is 0 Å². The fourth-order valence-electron chi connectivity index (χ4n) is 1.29. The SMILES string of the molecule is N#CC1=CC=NN(c2ccccc2)C1. The van der Waals surface area contributed by atoms with Crippen molar-refractivity contribution in [3.8, 4) is 6.07 Å². The third kappa shape index (κ3) is 1.64. The minimum Gasteiger partial charge on any atom is -0.260 e. The molecule has 1 heterocycles. The summed E-state index contributed by atoms with van der Waals surface area (Å²) in [5, 5.41) is 14.7. The molecule has 1 aliphatic heterocycles. The van der Waals surface area contributed by atoms with Crippen LogP contribution in [0.4, 0.5) is 5.69 Å². The summed E-state index contributed by atoms with van der Waals surface area (Å²) >= 11 is 0. The van der Waals surface area contributed by atoms with Gasteiger partial charge in [0.15, 0.2) is 0 Å². The summed E-state index contributed by atoms with van der Waals surface area (Å²) in [7, 11) is 0. The molecule has 0 aromatic heterocycles. The van der Waals surface area contributed by atoms with Gasteiger partial charge < -0.3 is 0 Å². The summed E-state index contributed by atoms with van der Waals surface area (Å²) in [5.41, 5.74) is 1.73. The highest BCUT2D eigenvalue weighted by Gasteiger charge is 2.09. The third-order valence-electron chi connectivity index (χ3n) is 2.00. The average Bonchev–Trinajstić information content (AvgIpc) is 2.30. The minimum absolute atomic E-state index is 0.553. The van der Waals surface area contributed by atoms with Gasteiger partial charge in [-0.2, -0.15) is 10.4 Å². The van der Waals surface area contributed by atoms with Gasteiger partial charge in [0.25, 0.3) is 0 Å². The van der Waals surface area contributed by atoms with Crippen molar-refractivity contribution in [2.75, 3.05) is 11.6 Å². The monoisotopic (exact) mass is 183 g/mol. The van der Waals surface area contributed by atoms with Gasteiger partial charge >= 0.3 is 0 Å². The van der Waals surface area contributed by atoms with Gasteiger partial charge in [-0.05, 0) is 18.2 Å². The second-order valence-corrected chi connectivity index (χ2v) is 2.96. The van der Waals surface area contributed by atoms with Crippen molar-refractivity contribution in [1.29, 1.82) is 5.26 Å². The number of nitriles is 1. The first kappa shape index (κ1) is 8.52. The van der Waals surface area contributed by atoms with Gasteiger partial charge in [0.1, 0.15) is 0 Å². The molecule has 1 aromatic rings. The highest BCUT2D eigenvalue weighted by Crippen LogP contribution is 2.16. The minimum atomic E-state index is 0.553. The van der Waals surface area contributed by atoms with Gasteiger partial charge in [-0.3, -0.25) is 5.01 Å². The summed E-state index contributed by atoms with van der Waals surface area (Å²) in [5.74, 6) is 0. The number of nitrogens with zero attached hydrogens (tertiary/aromatic N) is 3. The van der Waals surface area contributed by atoms with Crippen molar-refractivity contribution in [1.82, 2.24) is 0 Å². The van der Waals surface area contributed by atoms with E-state index in [1.807, 2.05) is 30.3 Å². The van der Waals surface area contributed by atoms with Gasteiger partial charge in [0.05, 0.1) is 23.9 Å². The molecule has 0 amide bonds. The first-order valence-corrected chi connectivity index (χ1v) is 4.36. The quantitative estimate of drug-likeness (QED) is 0.667. The molecule has 68 valence electrons. The molecule has 0 bridgehead atoms. The average molecular weight is 183 g/mol. The van der Waals surface area contributed by atoms with Crippen LogP contribution >= 0.6 is 0 Å². The normalized spacial score (nSPS) is 14.8. The van der Waals surface area contributed by atoms with Gasteiger partial charge in [-0.15, -0.1) is 0 Å². The van der Waals surface area contributed by atoms with Crippen molar-refractivity contribution >= 4 is 11.9 Å². The van der Waals surface area contributed by atoms with Crippen LogP contribution in [0.15, 0.2) is 47.1 Å². The first-order chi connectivity index (χ1) is 6.90. The maximum atomic E-state index is 8.75. The molecule has 0 radical (unpaired) electrons. The third-order valence-corrected chi connectivity index (χ3v) is 2.00. The number of hydrazone groups is 1. The fourth-order valence-corrected chi connectivity index (χ4v) is 1.29. The summed E-state index contributed by atoms with van der Waals surface area (Å²) in [6, 6.07) is 11.9. The van der Waals surface area contributed by atoms with E-state index < -0.39 is 0 Å². The Labute approximate surface area is 82.6 Å². The predicted octanol–water partition coefficient (Wildman–Crippen LogP) is 1.94. The van der Waals surface area contributed by atoms with E-state index in [0.717, 1.165) is 11.3 Å². The van der Waals surface area contributed by atoms with Crippen LogP contribution in [0.3, 0.4) is 0 Å². The van der Waals surface area contributed by atoms with Crippen LogP contribution < -0.4 is 5.01 Å². The van der Waals surface area contributed by atoms with Crippen LogP contribution in [0, 0.1) is 11.3 Å². The molecule has 3 heteroatoms. The second-order valence-electron chi connectivity index (χ2n) is 2.96. The van der Waals surface area contributed by atoms with Crippen molar-refractivity contribution in [2.24, 2.45) is 5.10 Å². The van der Waals surface area contributed by atoms with Crippen LogP contribution in [0.1, 0.15) is 0 Å². The lowest BCUT2D eigenvalue weighted by Crippen LogP contribution is -2.21. The highest BCUT2D eigenvalue weighted by molar-refractivity contribution is 5.77. The molecule has 3 nitrogen and oxygen atoms in total. The molecular formula is C11H9N3. The molecule has 14 heavy (non-hydrogen) atoms. The van der Waals surface area contributed by atoms with E-state index in [-0.39, 0.29) is 0 Å². The lowest BCUT2D eigenvalue weighted by molar-refractivity contribution is 0.917. The zero-order valence-electron chi connectivity index (χ0n) is 7.59. The molecule has 1 aromatic carbocycles. The summed E-state index contributed by atoms with van der Waals surface area (Å²) in [6.45, 7) is 0.553. The summed E-state index contributed by atoms with van der Waals surface area (Å²) in [6.07, 6.45) is 3.38. The lowest BCUT2D eigenvalue weighted by Gasteiger charge is -2.20. The molecule has 0 fully saturated rings. The van der Waals surface area contributed by atoms with Gasteiger partial charge in [0.2, 0.25) is 0 Å². The number of hydrogen-bond acceptors (Lipinski definition) is 3. The molecule has 0 unspecified atom stereocenters. The maximum absolute atomic E-state index is 8.75. The zero-order chi connectivity index (χ0) is 9.80. The predicted molar refractivity (Wildman–Crippen MR) is 56.0 cm³/mol. The molecule has 0 N–H and O–H groups in total. The number of hydrogen-bond donors (Lipinski definition) is 0. The highest BCUT2D eigenvalue weighted by atomic mass is 15.5. The van der Waals surface area contributed by atoms with Crippen molar-refractivity contribution in [3.05, 3.63) is 42.0 Å². The first-order valence-electron chi connectivity index (χ1n) is 4.36. The second kappa shape index (κ2) is 3.75. The van der Waals surface area contributed by atoms with E-state index in [1.54, 1.807) is 17.3 Å². The van der Waals surface area contributed by atoms with Gasteiger partial charge in [-0.25, -0.2) is 0 Å². The Bertz CT molecular complexity index is 412. The van der Waals surface area contributed by atoms with E-state index in [0.29, 0.717) is 6.54 Å². The Morgan fingerprint density at radius 1 is 1.29 bits per heavy atom. The van der Waals surface area contributed by atoms with Crippen LogP contribution in [0.25, 0.3) is 0 Å². The van der Waals surface area contributed by atoms with Crippen molar-refractivity contribution in [3.63, 3.8) is 0 Å². The molecule has 0 spiro atoms. The van der Waals surface area contributed by atoms with Crippen LogP contribution in [0.2, 0.25) is 0 Å². The van der Waals surface area contributed by atoms with E-state index >= 15 is 0 Å². The molecule has 1 aliphatic rings. The Morgan fingerprint density at radius 3 is 2.79 bits per heavy atom. The standard InChI is InChI=1S/C11H9N3/c12-8-10-6-7-13-14(9-10)11-4-2-1-3-5-11/h1-7H,9H2. The Kier molecular flexibility index (Phi) is 2.28. The topological polar surface area (TPSA) is 39.4 Å². The number of anilines is 1. The van der Waals surface area contributed by atoms with E-state index in [4.69, 9.17) is 5.26 Å². The van der Waals surface area contributed by atoms with E-state index in [2.05, 4.69) is 11.2 Å². The molecular weight excluding hydrogens is 174 g/mol. The molecule has 0 saturated carbocycles. The largest absolute Gasteiger partial charge is 0.260 e. The Morgan fingerprint density at radius 2 is 2.07 bits per heavy atom. The van der Waals surface area contributed by atoms with Crippen molar-refractivity contribution in [2.45, 2.75) is 0 Å². The van der Waals surface area contributed by atoms with E-state index in [1.165, 1.54) is 0 Å². The number of allylic oxidation sites excluding steroid dienone is 1. The number of benzene rings is 1. The molecule has 2 rings (SSSR count). The molecule has 0 atom stereocenters. The molecule has 0 saturated heterocycles. The Hall–Kier alpha value is -2.08. The Balaban J connectivity index is 2.21.